The summed E-state index contributed by atoms with van der Waals surface area (Å²) in [6, 6.07) is 0. The second-order valence-corrected chi connectivity index (χ2v) is 6.02. The minimum Gasteiger partial charge on any atom is -0.349 e. The van der Waals surface area contributed by atoms with Gasteiger partial charge in [0.2, 0.25) is 5.82 Å². The first-order valence-corrected chi connectivity index (χ1v) is 6.81. The van der Waals surface area contributed by atoms with Crippen LogP contribution in [-0.2, 0) is 0 Å². The van der Waals surface area contributed by atoms with E-state index in [0.29, 0.717) is 17.3 Å². The van der Waals surface area contributed by atoms with Gasteiger partial charge in [-0.25, -0.2) is 4.98 Å². The van der Waals surface area contributed by atoms with Crippen LogP contribution in [0.2, 0.25) is 0 Å². The summed E-state index contributed by atoms with van der Waals surface area (Å²) in [5.41, 5.74) is 0.325. The second-order valence-electron chi connectivity index (χ2n) is 6.02. The molecule has 5 nitrogen and oxygen atoms in total. The second kappa shape index (κ2) is 4.07. The summed E-state index contributed by atoms with van der Waals surface area (Å²) in [5, 5.41) is 9.83. The van der Waals surface area contributed by atoms with Gasteiger partial charge in [-0.05, 0) is 37.0 Å². The third kappa shape index (κ3) is 2.13. The van der Waals surface area contributed by atoms with Crippen LogP contribution in [0.5, 0.6) is 0 Å². The van der Waals surface area contributed by atoms with Crippen LogP contribution in [0, 0.1) is 11.3 Å². The Labute approximate surface area is 107 Å². The molecule has 0 bridgehead atoms. The van der Waals surface area contributed by atoms with Gasteiger partial charge >= 0.3 is 0 Å². The highest BCUT2D eigenvalue weighted by Crippen LogP contribution is 2.51. The third-order valence-corrected chi connectivity index (χ3v) is 4.39. The summed E-state index contributed by atoms with van der Waals surface area (Å²) in [7, 11) is 0. The lowest BCUT2D eigenvalue weighted by Gasteiger charge is -2.19. The van der Waals surface area contributed by atoms with Crippen molar-refractivity contribution in [3.63, 3.8) is 0 Å². The maximum absolute atomic E-state index is 11.9. The molecule has 0 aromatic carbocycles. The summed E-state index contributed by atoms with van der Waals surface area (Å²) in [6.07, 6.45) is 4.75. The summed E-state index contributed by atoms with van der Waals surface area (Å²) >= 11 is 0. The van der Waals surface area contributed by atoms with Gasteiger partial charge < -0.3 is 5.32 Å². The Morgan fingerprint density at radius 3 is 2.78 bits per heavy atom. The van der Waals surface area contributed by atoms with E-state index >= 15 is 0 Å². The fraction of sp³-hybridized carbons (Fsp3) is 0.769. The number of hydrogen-bond acceptors (Lipinski definition) is 3. The predicted molar refractivity (Wildman–Crippen MR) is 67.2 cm³/mol. The van der Waals surface area contributed by atoms with E-state index in [9.17, 15) is 4.79 Å². The molecule has 0 spiro atoms. The zero-order chi connectivity index (χ0) is 12.8. The number of aromatic nitrogens is 3. The van der Waals surface area contributed by atoms with Crippen LogP contribution in [0.1, 0.15) is 61.9 Å². The Morgan fingerprint density at radius 1 is 1.50 bits per heavy atom. The first-order chi connectivity index (χ1) is 8.61. The highest BCUT2D eigenvalue weighted by Gasteiger charge is 2.45. The van der Waals surface area contributed by atoms with Crippen LogP contribution >= 0.6 is 0 Å². The quantitative estimate of drug-likeness (QED) is 0.835. The van der Waals surface area contributed by atoms with E-state index in [4.69, 9.17) is 0 Å². The molecular weight excluding hydrogens is 228 g/mol. The number of H-pyrrole nitrogens is 1. The monoisotopic (exact) mass is 248 g/mol. The van der Waals surface area contributed by atoms with Crippen LogP contribution in [0.25, 0.3) is 0 Å². The minimum atomic E-state index is -0.148. The molecule has 1 heterocycles. The lowest BCUT2D eigenvalue weighted by molar-refractivity contribution is 0.0929. The molecule has 1 aromatic rings. The lowest BCUT2D eigenvalue weighted by atomic mass is 9.92. The first kappa shape index (κ1) is 11.7. The molecule has 2 fully saturated rings. The molecule has 5 heteroatoms. The van der Waals surface area contributed by atoms with Gasteiger partial charge in [0.05, 0.1) is 0 Å². The molecule has 0 saturated heterocycles. The van der Waals surface area contributed by atoms with Gasteiger partial charge in [-0.2, -0.15) is 0 Å². The van der Waals surface area contributed by atoms with Crippen LogP contribution < -0.4 is 5.32 Å². The van der Waals surface area contributed by atoms with E-state index in [-0.39, 0.29) is 11.7 Å². The molecular formula is C13H20N4O. The molecule has 18 heavy (non-hydrogen) atoms. The molecule has 2 saturated carbocycles. The standard InChI is InChI=1S/C13H20N4O/c1-8(2)13(5-6-13)7-14-12(18)11-15-10(16-17-11)9-3-4-9/h8-9H,3-7H2,1-2H3,(H,14,18)(H,15,16,17). The topological polar surface area (TPSA) is 70.7 Å². The highest BCUT2D eigenvalue weighted by molar-refractivity contribution is 5.90. The predicted octanol–water partition coefficient (Wildman–Crippen LogP) is 1.85. The van der Waals surface area contributed by atoms with Crippen molar-refractivity contribution in [2.75, 3.05) is 6.54 Å². The zero-order valence-corrected chi connectivity index (χ0v) is 11.0. The smallest absolute Gasteiger partial charge is 0.290 e. The number of rotatable bonds is 5. The van der Waals surface area contributed by atoms with Crippen molar-refractivity contribution in [2.45, 2.75) is 45.4 Å². The number of carbonyl (C=O) groups excluding carboxylic acids is 1. The lowest BCUT2D eigenvalue weighted by Crippen LogP contribution is -2.33. The van der Waals surface area contributed by atoms with Crippen molar-refractivity contribution in [3.05, 3.63) is 11.6 Å². The highest BCUT2D eigenvalue weighted by atomic mass is 16.2. The van der Waals surface area contributed by atoms with E-state index in [2.05, 4.69) is 34.3 Å². The van der Waals surface area contributed by atoms with Gasteiger partial charge in [-0.1, -0.05) is 13.8 Å². The minimum absolute atomic E-state index is 0.148. The van der Waals surface area contributed by atoms with Crippen molar-refractivity contribution in [3.8, 4) is 0 Å². The zero-order valence-electron chi connectivity index (χ0n) is 11.0. The van der Waals surface area contributed by atoms with Crippen molar-refractivity contribution in [2.24, 2.45) is 11.3 Å². The molecule has 2 aliphatic carbocycles. The maximum Gasteiger partial charge on any atom is 0.290 e. The average molecular weight is 248 g/mol. The molecule has 98 valence electrons. The maximum atomic E-state index is 11.9. The van der Waals surface area contributed by atoms with Crippen molar-refractivity contribution < 1.29 is 4.79 Å². The van der Waals surface area contributed by atoms with E-state index < -0.39 is 0 Å². The summed E-state index contributed by atoms with van der Waals surface area (Å²) < 4.78 is 0. The first-order valence-electron chi connectivity index (χ1n) is 6.81. The van der Waals surface area contributed by atoms with Crippen molar-refractivity contribution in [1.82, 2.24) is 20.5 Å². The molecule has 1 amide bonds. The van der Waals surface area contributed by atoms with Crippen LogP contribution in [0.3, 0.4) is 0 Å². The Hall–Kier alpha value is -1.39. The molecule has 2 N–H and O–H groups in total. The van der Waals surface area contributed by atoms with Gasteiger partial charge in [0.15, 0.2) is 0 Å². The number of hydrogen-bond donors (Lipinski definition) is 2. The van der Waals surface area contributed by atoms with Gasteiger partial charge in [-0.15, -0.1) is 5.10 Å². The molecule has 1 aromatic heterocycles. The molecule has 0 unspecified atom stereocenters. The van der Waals surface area contributed by atoms with E-state index in [1.54, 1.807) is 0 Å². The largest absolute Gasteiger partial charge is 0.349 e. The van der Waals surface area contributed by atoms with E-state index in [1.165, 1.54) is 12.8 Å². The van der Waals surface area contributed by atoms with Gasteiger partial charge in [0.25, 0.3) is 5.91 Å². The Bertz CT molecular complexity index is 457. The fourth-order valence-electron chi connectivity index (χ4n) is 2.37. The Morgan fingerprint density at radius 2 is 2.22 bits per heavy atom. The fourth-order valence-corrected chi connectivity index (χ4v) is 2.37. The normalized spacial score (nSPS) is 21.1. The van der Waals surface area contributed by atoms with E-state index in [1.807, 2.05) is 0 Å². The number of carbonyl (C=O) groups is 1. The number of amides is 1. The summed E-state index contributed by atoms with van der Waals surface area (Å²) in [4.78, 5) is 16.2. The average Bonchev–Trinajstić information content (AvgIpc) is 3.26. The molecule has 0 atom stereocenters. The number of nitrogens with one attached hydrogen (secondary N) is 2. The molecule has 0 radical (unpaired) electrons. The summed E-state index contributed by atoms with van der Waals surface area (Å²) in [6.45, 7) is 5.19. The van der Waals surface area contributed by atoms with Gasteiger partial charge in [0.1, 0.15) is 5.82 Å². The van der Waals surface area contributed by atoms with Crippen LogP contribution in [0.4, 0.5) is 0 Å². The third-order valence-electron chi connectivity index (χ3n) is 4.39. The molecule has 3 rings (SSSR count). The molecule has 0 aliphatic heterocycles. The van der Waals surface area contributed by atoms with E-state index in [0.717, 1.165) is 25.2 Å². The van der Waals surface area contributed by atoms with Crippen LogP contribution in [0.15, 0.2) is 0 Å². The Balaban J connectivity index is 1.57. The SMILES string of the molecule is CC(C)C1(CNC(=O)c2n[nH]c(C3CC3)n2)CC1. The van der Waals surface area contributed by atoms with Crippen molar-refractivity contribution in [1.29, 1.82) is 0 Å². The molecule has 2 aliphatic rings. The number of nitrogens with zero attached hydrogens (tertiary/aromatic N) is 2. The summed E-state index contributed by atoms with van der Waals surface area (Å²) in [5.74, 6) is 2.13. The van der Waals surface area contributed by atoms with Crippen molar-refractivity contribution >= 4 is 5.91 Å². The Kier molecular flexibility index (Phi) is 2.64. The van der Waals surface area contributed by atoms with Crippen LogP contribution in [-0.4, -0.2) is 27.6 Å². The van der Waals surface area contributed by atoms with Gasteiger partial charge in [0, 0.05) is 12.5 Å². The number of aromatic amines is 1. The van der Waals surface area contributed by atoms with Gasteiger partial charge in [-0.3, -0.25) is 9.89 Å².